The third-order valence-electron chi connectivity index (χ3n) is 2.75. The SMILES string of the molecule is C[B]c1cccc2c1sc1ccccc12. The van der Waals surface area contributed by atoms with Crippen molar-refractivity contribution in [3.63, 3.8) is 0 Å². The van der Waals surface area contributed by atoms with Gasteiger partial charge in [-0.1, -0.05) is 48.7 Å². The van der Waals surface area contributed by atoms with Gasteiger partial charge < -0.3 is 0 Å². The van der Waals surface area contributed by atoms with Gasteiger partial charge in [0.05, 0.1) is 0 Å². The first-order valence-electron chi connectivity index (χ1n) is 5.10. The van der Waals surface area contributed by atoms with E-state index in [4.69, 9.17) is 0 Å². The highest BCUT2D eigenvalue weighted by atomic mass is 32.1. The molecule has 1 radical (unpaired) electrons. The van der Waals surface area contributed by atoms with Crippen LogP contribution in [0.3, 0.4) is 0 Å². The highest BCUT2D eigenvalue weighted by Gasteiger charge is 2.06. The van der Waals surface area contributed by atoms with Crippen molar-refractivity contribution in [1.29, 1.82) is 0 Å². The Morgan fingerprint density at radius 3 is 2.60 bits per heavy atom. The van der Waals surface area contributed by atoms with E-state index in [-0.39, 0.29) is 0 Å². The first kappa shape index (κ1) is 8.99. The van der Waals surface area contributed by atoms with Gasteiger partial charge in [0, 0.05) is 14.8 Å². The molecule has 0 spiro atoms. The van der Waals surface area contributed by atoms with Crippen LogP contribution in [0, 0.1) is 0 Å². The van der Waals surface area contributed by atoms with Crippen LogP contribution in [0.1, 0.15) is 0 Å². The molecule has 2 heteroatoms. The molecule has 71 valence electrons. The lowest BCUT2D eigenvalue weighted by Gasteiger charge is -1.96. The predicted molar refractivity (Wildman–Crippen MR) is 70.6 cm³/mol. The van der Waals surface area contributed by atoms with Crippen molar-refractivity contribution < 1.29 is 0 Å². The first-order valence-corrected chi connectivity index (χ1v) is 5.91. The minimum absolute atomic E-state index is 1.34. The molecular weight excluding hydrogens is 199 g/mol. The van der Waals surface area contributed by atoms with E-state index in [9.17, 15) is 0 Å². The van der Waals surface area contributed by atoms with E-state index in [0.29, 0.717) is 0 Å². The molecule has 0 N–H and O–H groups in total. The Morgan fingerprint density at radius 2 is 1.73 bits per heavy atom. The number of hydrogen-bond acceptors (Lipinski definition) is 1. The van der Waals surface area contributed by atoms with Crippen LogP contribution in [-0.4, -0.2) is 7.28 Å². The Hall–Kier alpha value is -1.28. The van der Waals surface area contributed by atoms with Crippen molar-refractivity contribution in [3.05, 3.63) is 42.5 Å². The maximum Gasteiger partial charge on any atom is 0.150 e. The molecule has 3 aromatic rings. The van der Waals surface area contributed by atoms with Crippen LogP contribution < -0.4 is 5.46 Å². The Morgan fingerprint density at radius 1 is 0.933 bits per heavy atom. The van der Waals surface area contributed by atoms with Crippen molar-refractivity contribution in [1.82, 2.24) is 0 Å². The number of hydrogen-bond donors (Lipinski definition) is 0. The van der Waals surface area contributed by atoms with Gasteiger partial charge in [0.2, 0.25) is 0 Å². The number of fused-ring (bicyclic) bond motifs is 3. The van der Waals surface area contributed by atoms with E-state index < -0.39 is 0 Å². The average molecular weight is 209 g/mol. The average Bonchev–Trinajstić information content (AvgIpc) is 2.67. The van der Waals surface area contributed by atoms with Crippen LogP contribution in [-0.2, 0) is 0 Å². The Bertz CT molecular complexity index is 625. The number of rotatable bonds is 1. The molecule has 0 bridgehead atoms. The van der Waals surface area contributed by atoms with Gasteiger partial charge in [0.1, 0.15) is 7.28 Å². The summed E-state index contributed by atoms with van der Waals surface area (Å²) in [5.74, 6) is 0. The predicted octanol–water partition coefficient (Wildman–Crippen LogP) is 3.43. The fourth-order valence-corrected chi connectivity index (χ4v) is 3.24. The van der Waals surface area contributed by atoms with E-state index >= 15 is 0 Å². The summed E-state index contributed by atoms with van der Waals surface area (Å²) in [4.78, 5) is 0. The van der Waals surface area contributed by atoms with Crippen LogP contribution in [0.5, 0.6) is 0 Å². The van der Waals surface area contributed by atoms with E-state index in [0.717, 1.165) is 0 Å². The summed E-state index contributed by atoms with van der Waals surface area (Å²) in [5.41, 5.74) is 1.34. The third kappa shape index (κ3) is 1.29. The van der Waals surface area contributed by atoms with Crippen molar-refractivity contribution in [3.8, 4) is 0 Å². The second-order valence-electron chi connectivity index (χ2n) is 3.61. The summed E-state index contributed by atoms with van der Waals surface area (Å²) in [6.07, 6.45) is 0. The molecule has 0 aliphatic carbocycles. The molecule has 0 aliphatic rings. The van der Waals surface area contributed by atoms with Crippen LogP contribution in [0.25, 0.3) is 20.2 Å². The largest absolute Gasteiger partial charge is 0.150 e. The summed E-state index contributed by atoms with van der Waals surface area (Å²) in [5, 5.41) is 2.76. The third-order valence-corrected chi connectivity index (χ3v) is 3.98. The Kier molecular flexibility index (Phi) is 2.03. The van der Waals surface area contributed by atoms with Crippen LogP contribution in [0.15, 0.2) is 42.5 Å². The molecule has 3 rings (SSSR count). The molecule has 0 aliphatic heterocycles. The first-order chi connectivity index (χ1) is 7.40. The molecule has 0 amide bonds. The topological polar surface area (TPSA) is 0 Å². The minimum Gasteiger partial charge on any atom is -0.136 e. The van der Waals surface area contributed by atoms with Gasteiger partial charge in [-0.25, -0.2) is 0 Å². The highest BCUT2D eigenvalue weighted by Crippen LogP contribution is 2.32. The molecule has 0 unspecified atom stereocenters. The zero-order valence-electron chi connectivity index (χ0n) is 8.53. The van der Waals surface area contributed by atoms with Crippen molar-refractivity contribution in [2.24, 2.45) is 0 Å². The van der Waals surface area contributed by atoms with Gasteiger partial charge in [0.25, 0.3) is 0 Å². The van der Waals surface area contributed by atoms with Gasteiger partial charge in [0.15, 0.2) is 0 Å². The van der Waals surface area contributed by atoms with Gasteiger partial charge in [-0.05, 0) is 11.5 Å². The van der Waals surface area contributed by atoms with E-state index in [2.05, 4.69) is 56.6 Å². The molecule has 0 saturated heterocycles. The van der Waals surface area contributed by atoms with Crippen molar-refractivity contribution in [2.75, 3.05) is 0 Å². The maximum atomic E-state index is 2.21. The fourth-order valence-electron chi connectivity index (χ4n) is 2.00. The zero-order chi connectivity index (χ0) is 10.3. The summed E-state index contributed by atoms with van der Waals surface area (Å²) < 4.78 is 2.78. The Balaban J connectivity index is 2.53. The number of benzene rings is 2. The smallest absolute Gasteiger partial charge is 0.136 e. The van der Waals surface area contributed by atoms with Crippen molar-refractivity contribution in [2.45, 2.75) is 6.82 Å². The van der Waals surface area contributed by atoms with Gasteiger partial charge in [-0.3, -0.25) is 0 Å². The highest BCUT2D eigenvalue weighted by molar-refractivity contribution is 7.27. The summed E-state index contributed by atoms with van der Waals surface area (Å²) in [6, 6.07) is 15.1. The molecule has 0 fully saturated rings. The Labute approximate surface area is 93.8 Å². The van der Waals surface area contributed by atoms with Crippen LogP contribution in [0.4, 0.5) is 0 Å². The minimum atomic E-state index is 1.34. The number of thiophene rings is 1. The normalized spacial score (nSPS) is 11.0. The molecule has 15 heavy (non-hydrogen) atoms. The lowest BCUT2D eigenvalue weighted by molar-refractivity contribution is 1.85. The molecule has 1 aromatic heterocycles. The van der Waals surface area contributed by atoms with Crippen LogP contribution in [0.2, 0.25) is 6.82 Å². The van der Waals surface area contributed by atoms with Gasteiger partial charge >= 0.3 is 0 Å². The summed E-state index contributed by atoms with van der Waals surface area (Å²) in [7, 11) is 2.18. The van der Waals surface area contributed by atoms with Gasteiger partial charge in [-0.15, -0.1) is 11.3 Å². The second-order valence-corrected chi connectivity index (χ2v) is 4.66. The second kappa shape index (κ2) is 3.39. The molecule has 0 nitrogen and oxygen atoms in total. The standard InChI is InChI=1S/C13H10BS/c1-14-11-7-4-6-10-9-5-2-3-8-12(9)15-13(10)11/h2-8H,1H3. The maximum absolute atomic E-state index is 2.21. The molecule has 2 aromatic carbocycles. The lowest BCUT2D eigenvalue weighted by Crippen LogP contribution is -2.09. The lowest BCUT2D eigenvalue weighted by atomic mass is 9.73. The molecular formula is C13H10BS. The summed E-state index contributed by atoms with van der Waals surface area (Å²) >= 11 is 1.88. The zero-order valence-corrected chi connectivity index (χ0v) is 9.34. The molecule has 0 atom stereocenters. The van der Waals surface area contributed by atoms with Gasteiger partial charge in [-0.2, -0.15) is 0 Å². The summed E-state index contributed by atoms with van der Waals surface area (Å²) in [6.45, 7) is 2.10. The molecule has 1 heterocycles. The van der Waals surface area contributed by atoms with Crippen molar-refractivity contribution >= 4 is 44.3 Å². The quantitative estimate of drug-likeness (QED) is 0.538. The monoisotopic (exact) mass is 209 g/mol. The van der Waals surface area contributed by atoms with E-state index in [1.165, 1.54) is 25.6 Å². The van der Waals surface area contributed by atoms with E-state index in [1.807, 2.05) is 11.3 Å². The van der Waals surface area contributed by atoms with Crippen LogP contribution >= 0.6 is 11.3 Å². The molecule has 0 saturated carbocycles. The van der Waals surface area contributed by atoms with E-state index in [1.54, 1.807) is 0 Å². The fraction of sp³-hybridized carbons (Fsp3) is 0.0769.